The van der Waals surface area contributed by atoms with Crippen LogP contribution in [0.2, 0.25) is 0 Å². The molecule has 0 atom stereocenters. The maximum absolute atomic E-state index is 13.5. The number of nitrogens with one attached hydrogen (secondary N) is 1. The molecule has 10 nitrogen and oxygen atoms in total. The first-order valence-corrected chi connectivity index (χ1v) is 14.6. The number of carbonyl (C=O) groups excluding carboxylic acids is 1. The van der Waals surface area contributed by atoms with Crippen molar-refractivity contribution in [3.8, 4) is 10.8 Å². The van der Waals surface area contributed by atoms with E-state index < -0.39 is 21.5 Å². The van der Waals surface area contributed by atoms with Gasteiger partial charge in [0.2, 0.25) is 15.9 Å². The molecule has 1 amide bonds. The first kappa shape index (κ1) is 24.6. The second-order valence-electron chi connectivity index (χ2n) is 10.5. The van der Waals surface area contributed by atoms with E-state index in [1.54, 1.807) is 16.7 Å². The van der Waals surface area contributed by atoms with Gasteiger partial charge in [0, 0.05) is 43.8 Å². The molecule has 3 aromatic heterocycles. The van der Waals surface area contributed by atoms with E-state index >= 15 is 0 Å². The van der Waals surface area contributed by atoms with Crippen molar-refractivity contribution in [2.45, 2.75) is 50.0 Å². The summed E-state index contributed by atoms with van der Waals surface area (Å²) in [6.45, 7) is 5.80. The SMILES string of the molecule is CC(C)C(=O)N1CCN(c2cc(S(=O)(=O)NC34CC(C3)C4)cn3c(-c4nnc(C(F)F)s4)ncc23)CC1. The number of hydrogen-bond donors (Lipinski definition) is 1. The summed E-state index contributed by atoms with van der Waals surface area (Å²) in [6, 6.07) is 1.64. The van der Waals surface area contributed by atoms with Gasteiger partial charge in [0.25, 0.3) is 6.43 Å². The number of alkyl halides is 2. The van der Waals surface area contributed by atoms with Gasteiger partial charge in [-0.2, -0.15) is 0 Å². The van der Waals surface area contributed by atoms with Gasteiger partial charge in [-0.1, -0.05) is 25.2 Å². The molecule has 7 rings (SSSR count). The van der Waals surface area contributed by atoms with Crippen LogP contribution < -0.4 is 9.62 Å². The van der Waals surface area contributed by atoms with Crippen molar-refractivity contribution in [3.05, 3.63) is 23.5 Å². The first-order valence-electron chi connectivity index (χ1n) is 12.3. The van der Waals surface area contributed by atoms with E-state index in [2.05, 4.69) is 19.9 Å². The number of halogens is 2. The zero-order chi connectivity index (χ0) is 26.1. The molecule has 1 N–H and O–H groups in total. The van der Waals surface area contributed by atoms with Crippen LogP contribution >= 0.6 is 11.3 Å². The van der Waals surface area contributed by atoms with E-state index in [1.165, 1.54) is 6.20 Å². The largest absolute Gasteiger partial charge is 0.366 e. The number of nitrogens with zero attached hydrogens (tertiary/aromatic N) is 6. The van der Waals surface area contributed by atoms with Crippen molar-refractivity contribution in [2.24, 2.45) is 11.8 Å². The molecule has 0 spiro atoms. The topological polar surface area (TPSA) is 113 Å². The maximum atomic E-state index is 13.5. The Labute approximate surface area is 216 Å². The molecule has 0 aromatic carbocycles. The minimum Gasteiger partial charge on any atom is -0.366 e. The van der Waals surface area contributed by atoms with Crippen LogP contribution in [0.1, 0.15) is 44.5 Å². The van der Waals surface area contributed by atoms with Crippen LogP contribution in [0.15, 0.2) is 23.4 Å². The number of piperazine rings is 1. The predicted octanol–water partition coefficient (Wildman–Crippen LogP) is 2.93. The Kier molecular flexibility index (Phi) is 5.77. The fourth-order valence-corrected chi connectivity index (χ4v) is 7.65. The number of carbonyl (C=O) groups is 1. The normalized spacial score (nSPS) is 23.6. The van der Waals surface area contributed by atoms with Crippen LogP contribution in [0.3, 0.4) is 0 Å². The van der Waals surface area contributed by atoms with Crippen molar-refractivity contribution >= 4 is 38.5 Å². The second-order valence-corrected chi connectivity index (χ2v) is 13.2. The Morgan fingerprint density at radius 1 is 1.16 bits per heavy atom. The molecular weight excluding hydrogens is 524 g/mol. The van der Waals surface area contributed by atoms with Crippen molar-refractivity contribution in [2.75, 3.05) is 31.1 Å². The number of amides is 1. The molecule has 0 unspecified atom stereocenters. The molecule has 3 aromatic rings. The Balaban J connectivity index is 1.40. The van der Waals surface area contributed by atoms with Gasteiger partial charge in [0.1, 0.15) is 4.90 Å². The quantitative estimate of drug-likeness (QED) is 0.481. The number of pyridine rings is 1. The second kappa shape index (κ2) is 8.67. The van der Waals surface area contributed by atoms with Gasteiger partial charge >= 0.3 is 0 Å². The summed E-state index contributed by atoms with van der Waals surface area (Å²) in [5, 5.41) is 7.19. The van der Waals surface area contributed by atoms with Gasteiger partial charge in [-0.05, 0) is 31.2 Å². The summed E-state index contributed by atoms with van der Waals surface area (Å²) in [5.41, 5.74) is 0.913. The molecule has 0 radical (unpaired) electrons. The number of aromatic nitrogens is 4. The van der Waals surface area contributed by atoms with Crippen LogP contribution in [0.25, 0.3) is 16.3 Å². The predicted molar refractivity (Wildman–Crippen MR) is 133 cm³/mol. The number of sulfonamides is 1. The lowest BCUT2D eigenvalue weighted by Gasteiger charge is -2.61. The Morgan fingerprint density at radius 2 is 1.86 bits per heavy atom. The van der Waals surface area contributed by atoms with Gasteiger partial charge in [-0.3, -0.25) is 9.20 Å². The number of hydrogen-bond acceptors (Lipinski definition) is 8. The number of fused-ring (bicyclic) bond motifs is 1. The lowest BCUT2D eigenvalue weighted by molar-refractivity contribution is -0.134. The highest BCUT2D eigenvalue weighted by atomic mass is 32.2. The highest BCUT2D eigenvalue weighted by Crippen LogP contribution is 2.57. The Morgan fingerprint density at radius 3 is 2.43 bits per heavy atom. The monoisotopic (exact) mass is 551 g/mol. The number of anilines is 1. The molecule has 3 saturated carbocycles. The van der Waals surface area contributed by atoms with Crippen molar-refractivity contribution < 1.29 is 22.0 Å². The average Bonchev–Trinajstić information content (AvgIpc) is 3.47. The van der Waals surface area contributed by atoms with Gasteiger partial charge in [-0.15, -0.1) is 10.2 Å². The molecule has 198 valence electrons. The van der Waals surface area contributed by atoms with Gasteiger partial charge in [-0.25, -0.2) is 26.9 Å². The van der Waals surface area contributed by atoms with E-state index in [1.807, 2.05) is 23.6 Å². The molecular formula is C23H27F2N7O3S2. The van der Waals surface area contributed by atoms with E-state index in [0.717, 1.165) is 30.6 Å². The van der Waals surface area contributed by atoms with Crippen LogP contribution in [-0.4, -0.2) is 70.5 Å². The fourth-order valence-electron chi connectivity index (χ4n) is 5.51. The van der Waals surface area contributed by atoms with E-state index in [-0.39, 0.29) is 33.1 Å². The van der Waals surface area contributed by atoms with Gasteiger partial charge < -0.3 is 9.80 Å². The summed E-state index contributed by atoms with van der Waals surface area (Å²) >= 11 is 0.725. The summed E-state index contributed by atoms with van der Waals surface area (Å²) in [6.07, 6.45) is 2.85. The van der Waals surface area contributed by atoms with Crippen LogP contribution in [-0.2, 0) is 14.8 Å². The Hall–Kier alpha value is -2.71. The highest BCUT2D eigenvalue weighted by molar-refractivity contribution is 7.89. The van der Waals surface area contributed by atoms with Crippen LogP contribution in [0.5, 0.6) is 0 Å². The standard InChI is InChI=1S/C23H27F2N7O3S2/c1-13(2)22(33)31-5-3-30(4-6-31)16-7-15(37(34,35)29-23-8-14(9-23)10-23)12-32-17(16)11-26-19(32)21-28-27-20(36-21)18(24)25/h7,11-14,18,29H,3-6,8-10H2,1-2H3. The molecule has 3 aliphatic carbocycles. The van der Waals surface area contributed by atoms with Crippen LogP contribution in [0.4, 0.5) is 14.5 Å². The van der Waals surface area contributed by atoms with E-state index in [9.17, 15) is 22.0 Å². The molecule has 4 heterocycles. The minimum absolute atomic E-state index is 0.0678. The summed E-state index contributed by atoms with van der Waals surface area (Å²) in [5.74, 6) is 0.836. The Bertz CT molecular complexity index is 1460. The van der Waals surface area contributed by atoms with Gasteiger partial charge in [0.15, 0.2) is 15.8 Å². The molecule has 2 bridgehead atoms. The first-order chi connectivity index (χ1) is 17.6. The van der Waals surface area contributed by atoms with Crippen molar-refractivity contribution in [1.82, 2.24) is 29.2 Å². The molecule has 1 aliphatic heterocycles. The summed E-state index contributed by atoms with van der Waals surface area (Å²) in [4.78, 5) is 20.8. The maximum Gasteiger partial charge on any atom is 0.291 e. The van der Waals surface area contributed by atoms with Gasteiger partial charge in [0.05, 0.1) is 17.4 Å². The third-order valence-electron chi connectivity index (χ3n) is 7.54. The van der Waals surface area contributed by atoms with Crippen LogP contribution in [0, 0.1) is 11.8 Å². The smallest absolute Gasteiger partial charge is 0.291 e. The zero-order valence-corrected chi connectivity index (χ0v) is 22.0. The molecule has 1 saturated heterocycles. The zero-order valence-electron chi connectivity index (χ0n) is 20.4. The molecule has 4 aliphatic rings. The summed E-state index contributed by atoms with van der Waals surface area (Å²) in [7, 11) is -3.86. The third-order valence-corrected chi connectivity index (χ3v) is 10.0. The summed E-state index contributed by atoms with van der Waals surface area (Å²) < 4.78 is 57.8. The van der Waals surface area contributed by atoms with Crippen molar-refractivity contribution in [1.29, 1.82) is 0 Å². The molecule has 4 fully saturated rings. The molecule has 37 heavy (non-hydrogen) atoms. The third kappa shape index (κ3) is 4.18. The lowest BCUT2D eigenvalue weighted by atomic mass is 9.50. The number of imidazole rings is 1. The van der Waals surface area contributed by atoms with Crippen molar-refractivity contribution in [3.63, 3.8) is 0 Å². The average molecular weight is 552 g/mol. The van der Waals surface area contributed by atoms with E-state index in [4.69, 9.17) is 0 Å². The fraction of sp³-hybridized carbons (Fsp3) is 0.565. The lowest BCUT2D eigenvalue weighted by Crippen LogP contribution is -2.67. The molecule has 14 heteroatoms. The highest BCUT2D eigenvalue weighted by Gasteiger charge is 2.58. The number of rotatable bonds is 7. The minimum atomic E-state index is -3.86. The van der Waals surface area contributed by atoms with E-state index in [0.29, 0.717) is 43.3 Å².